The summed E-state index contributed by atoms with van der Waals surface area (Å²) in [5, 5.41) is 6.22. The summed E-state index contributed by atoms with van der Waals surface area (Å²) in [5.41, 5.74) is 0.635. The summed E-state index contributed by atoms with van der Waals surface area (Å²) in [7, 11) is 3.54. The maximum absolute atomic E-state index is 13.8. The van der Waals surface area contributed by atoms with Crippen molar-refractivity contribution >= 4 is 46.2 Å². The van der Waals surface area contributed by atoms with Gasteiger partial charge in [0.15, 0.2) is 5.82 Å². The average Bonchev–Trinajstić information content (AvgIpc) is 3.65. The van der Waals surface area contributed by atoms with Crippen LogP contribution in [0.3, 0.4) is 0 Å². The first-order valence-electron chi connectivity index (χ1n) is 17.4. The number of hydrogen-bond donors (Lipinski definition) is 0. The van der Waals surface area contributed by atoms with E-state index in [9.17, 15) is 14.4 Å². The monoisotopic (exact) mass is 734 g/mol. The van der Waals surface area contributed by atoms with Gasteiger partial charge in [-0.05, 0) is 98.6 Å². The van der Waals surface area contributed by atoms with Crippen molar-refractivity contribution in [3.8, 4) is 21.8 Å². The van der Waals surface area contributed by atoms with Crippen LogP contribution in [0.4, 0.5) is 20.2 Å². The number of pyridine rings is 1. The molecule has 1 aromatic carbocycles. The van der Waals surface area contributed by atoms with Crippen LogP contribution in [0.5, 0.6) is 0 Å². The molecule has 52 heavy (non-hydrogen) atoms. The summed E-state index contributed by atoms with van der Waals surface area (Å²) in [6.45, 7) is 17.4. The van der Waals surface area contributed by atoms with Crippen LogP contribution >= 0.6 is 11.3 Å². The molecule has 280 valence electrons. The maximum Gasteiger partial charge on any atom is 0.425 e. The number of carbonyl (C=O) groups excluding carboxylic acids is 3. The summed E-state index contributed by atoms with van der Waals surface area (Å²) in [6, 6.07) is 7.65. The molecule has 0 radical (unpaired) electrons. The summed E-state index contributed by atoms with van der Waals surface area (Å²) in [5.74, 6) is 0.254. The SMILES string of the molecule is CN(Cc1nc(-c2cnc(N(C(=O)OC(C)(C)C)C(=O)OC(C)(C)C)c3cc(-c4ccnn4C)ccc23)sc1C1CCOCC1)C(=O)OC(C)(C)C. The molecule has 13 nitrogen and oxygen atoms in total. The molecule has 1 saturated heterocycles. The van der Waals surface area contributed by atoms with E-state index >= 15 is 0 Å². The Bertz CT molecular complexity index is 1920. The van der Waals surface area contributed by atoms with E-state index in [1.807, 2.05) is 52.1 Å². The standard InChI is InChI=1S/C38H50N6O7S/c1-36(2,3)49-33(45)42(10)22-28-30(23-15-18-48-19-16-23)52-32(41-28)27-21-39-31(26-20-24(12-13-25(26)27)29-14-17-40-43(29)11)44(34(46)50-37(4,5)6)35(47)51-38(7,8)9/h12-14,17,20-21,23H,15-16,18-19,22H2,1-11H3. The fourth-order valence-corrected chi connectivity index (χ4v) is 7.02. The molecule has 0 aliphatic carbocycles. The van der Waals surface area contributed by atoms with Gasteiger partial charge in [0.25, 0.3) is 0 Å². The first kappa shape index (κ1) is 38.7. The maximum atomic E-state index is 13.8. The van der Waals surface area contributed by atoms with E-state index in [1.54, 1.807) is 77.0 Å². The lowest BCUT2D eigenvalue weighted by Crippen LogP contribution is -2.44. The number of fused-ring (bicyclic) bond motifs is 1. The zero-order valence-electron chi connectivity index (χ0n) is 32.0. The van der Waals surface area contributed by atoms with Crippen LogP contribution in [0.1, 0.15) is 91.6 Å². The minimum Gasteiger partial charge on any atom is -0.444 e. The van der Waals surface area contributed by atoms with E-state index in [2.05, 4.69) is 5.10 Å². The second-order valence-electron chi connectivity index (χ2n) is 15.9. The van der Waals surface area contributed by atoms with Gasteiger partial charge in [0.2, 0.25) is 0 Å². The molecule has 0 atom stereocenters. The Hall–Kier alpha value is -4.56. The Morgan fingerprint density at radius 2 is 1.48 bits per heavy atom. The van der Waals surface area contributed by atoms with Crippen molar-refractivity contribution in [2.75, 3.05) is 25.2 Å². The topological polar surface area (TPSA) is 138 Å². The quantitative estimate of drug-likeness (QED) is 0.177. The highest BCUT2D eigenvalue weighted by molar-refractivity contribution is 7.15. The molecule has 1 fully saturated rings. The van der Waals surface area contributed by atoms with Gasteiger partial charge in [-0.25, -0.2) is 24.4 Å². The molecule has 1 aliphatic heterocycles. The van der Waals surface area contributed by atoms with Crippen molar-refractivity contribution in [3.63, 3.8) is 0 Å². The number of ether oxygens (including phenoxy) is 4. The normalized spacial score (nSPS) is 14.3. The number of carbonyl (C=O) groups is 3. The highest BCUT2D eigenvalue weighted by Gasteiger charge is 2.36. The first-order chi connectivity index (χ1) is 24.2. The number of hydrogen-bond acceptors (Lipinski definition) is 11. The van der Waals surface area contributed by atoms with Crippen molar-refractivity contribution in [2.45, 2.75) is 104 Å². The lowest BCUT2D eigenvalue weighted by atomic mass is 9.97. The molecule has 0 spiro atoms. The largest absolute Gasteiger partial charge is 0.444 e. The van der Waals surface area contributed by atoms with Gasteiger partial charge in [-0.2, -0.15) is 10.00 Å². The third-order valence-corrected chi connectivity index (χ3v) is 9.28. The molecule has 4 aromatic rings. The summed E-state index contributed by atoms with van der Waals surface area (Å²) < 4.78 is 24.5. The minimum atomic E-state index is -0.919. The van der Waals surface area contributed by atoms with Gasteiger partial charge >= 0.3 is 18.3 Å². The number of benzene rings is 1. The van der Waals surface area contributed by atoms with Crippen molar-refractivity contribution < 1.29 is 33.3 Å². The van der Waals surface area contributed by atoms with Crippen LogP contribution in [0, 0.1) is 0 Å². The summed E-state index contributed by atoms with van der Waals surface area (Å²) >= 11 is 1.55. The number of aryl methyl sites for hydroxylation is 1. The van der Waals surface area contributed by atoms with Crippen LogP contribution in [-0.4, -0.2) is 80.0 Å². The van der Waals surface area contributed by atoms with Crippen LogP contribution < -0.4 is 4.90 Å². The third-order valence-electron chi connectivity index (χ3n) is 7.99. The van der Waals surface area contributed by atoms with E-state index < -0.39 is 35.1 Å². The zero-order valence-corrected chi connectivity index (χ0v) is 32.8. The molecule has 0 unspecified atom stereocenters. The molecule has 0 bridgehead atoms. The van der Waals surface area contributed by atoms with Gasteiger partial charge in [0, 0.05) is 61.1 Å². The number of nitrogens with zero attached hydrogens (tertiary/aromatic N) is 6. The molecule has 14 heteroatoms. The van der Waals surface area contributed by atoms with Gasteiger partial charge in [0.05, 0.1) is 17.9 Å². The molecule has 3 amide bonds. The van der Waals surface area contributed by atoms with Crippen LogP contribution in [0.15, 0.2) is 36.7 Å². The number of anilines is 1. The van der Waals surface area contributed by atoms with Gasteiger partial charge in [0.1, 0.15) is 21.8 Å². The molecule has 0 saturated carbocycles. The molecule has 1 aliphatic rings. The number of thiazole rings is 1. The summed E-state index contributed by atoms with van der Waals surface area (Å²) in [6.07, 6.45) is 2.71. The first-order valence-corrected chi connectivity index (χ1v) is 18.2. The fraction of sp³-hybridized carbons (Fsp3) is 0.526. The lowest BCUT2D eigenvalue weighted by molar-refractivity contribution is 0.0280. The highest BCUT2D eigenvalue weighted by Crippen LogP contribution is 2.42. The predicted molar refractivity (Wildman–Crippen MR) is 200 cm³/mol. The molecule has 3 aromatic heterocycles. The fourth-order valence-electron chi connectivity index (χ4n) is 5.76. The molecule has 0 N–H and O–H groups in total. The van der Waals surface area contributed by atoms with Gasteiger partial charge in [-0.1, -0.05) is 12.1 Å². The van der Waals surface area contributed by atoms with Gasteiger partial charge in [-0.15, -0.1) is 11.3 Å². The second-order valence-corrected chi connectivity index (χ2v) is 17.0. The van der Waals surface area contributed by atoms with E-state index in [1.165, 1.54) is 4.90 Å². The van der Waals surface area contributed by atoms with E-state index in [0.29, 0.717) is 34.6 Å². The smallest absolute Gasteiger partial charge is 0.425 e. The van der Waals surface area contributed by atoms with E-state index in [0.717, 1.165) is 39.6 Å². The number of imide groups is 1. The van der Waals surface area contributed by atoms with Crippen molar-refractivity contribution in [1.82, 2.24) is 24.6 Å². The minimum absolute atomic E-state index is 0.0531. The third kappa shape index (κ3) is 9.26. The molecule has 4 heterocycles. The Morgan fingerprint density at radius 3 is 2.04 bits per heavy atom. The highest BCUT2D eigenvalue weighted by atomic mass is 32.1. The van der Waals surface area contributed by atoms with E-state index in [-0.39, 0.29) is 18.3 Å². The van der Waals surface area contributed by atoms with Crippen molar-refractivity contribution in [2.24, 2.45) is 7.05 Å². The number of amides is 3. The van der Waals surface area contributed by atoms with Crippen molar-refractivity contribution in [1.29, 1.82) is 0 Å². The van der Waals surface area contributed by atoms with Crippen LogP contribution in [-0.2, 0) is 32.5 Å². The molecular weight excluding hydrogens is 685 g/mol. The molecular formula is C38H50N6O7S. The second kappa shape index (κ2) is 14.8. The lowest BCUT2D eigenvalue weighted by Gasteiger charge is -2.28. The Morgan fingerprint density at radius 1 is 0.885 bits per heavy atom. The van der Waals surface area contributed by atoms with Gasteiger partial charge < -0.3 is 23.8 Å². The van der Waals surface area contributed by atoms with E-state index in [4.69, 9.17) is 28.9 Å². The van der Waals surface area contributed by atoms with Crippen LogP contribution in [0.2, 0.25) is 0 Å². The van der Waals surface area contributed by atoms with Gasteiger partial charge in [-0.3, -0.25) is 4.68 Å². The zero-order chi connectivity index (χ0) is 38.2. The Kier molecular flexibility index (Phi) is 11.0. The Balaban J connectivity index is 1.70. The number of rotatable bonds is 6. The van der Waals surface area contributed by atoms with Crippen LogP contribution in [0.25, 0.3) is 32.6 Å². The predicted octanol–water partition coefficient (Wildman–Crippen LogP) is 8.70. The molecule has 5 rings (SSSR count). The Labute approximate surface area is 309 Å². The van der Waals surface area contributed by atoms with Crippen molar-refractivity contribution in [3.05, 3.63) is 47.2 Å². The average molecular weight is 735 g/mol. The number of aromatic nitrogens is 4. The summed E-state index contributed by atoms with van der Waals surface area (Å²) in [4.78, 5) is 54.0.